The molecule has 0 radical (unpaired) electrons. The van der Waals surface area contributed by atoms with Gasteiger partial charge in [0, 0.05) is 18.1 Å². The minimum atomic E-state index is 0.136. The van der Waals surface area contributed by atoms with E-state index < -0.39 is 0 Å². The number of piperidine rings is 1. The van der Waals surface area contributed by atoms with Crippen LogP contribution >= 0.6 is 0 Å². The second-order valence-corrected chi connectivity index (χ2v) is 5.90. The van der Waals surface area contributed by atoms with Crippen LogP contribution in [0.25, 0.3) is 0 Å². The zero-order valence-corrected chi connectivity index (χ0v) is 11.9. The Morgan fingerprint density at radius 2 is 2.11 bits per heavy atom. The van der Waals surface area contributed by atoms with E-state index >= 15 is 0 Å². The van der Waals surface area contributed by atoms with Gasteiger partial charge in [-0.1, -0.05) is 6.07 Å². The van der Waals surface area contributed by atoms with E-state index in [0.717, 1.165) is 30.8 Å². The van der Waals surface area contributed by atoms with Crippen LogP contribution in [-0.2, 0) is 0 Å². The number of nitrogens with two attached hydrogens (primary N) is 1. The summed E-state index contributed by atoms with van der Waals surface area (Å²) in [4.78, 5) is 2.40. The molecule has 1 unspecified atom stereocenters. The van der Waals surface area contributed by atoms with Gasteiger partial charge in [-0.25, -0.2) is 0 Å². The van der Waals surface area contributed by atoms with Gasteiger partial charge in [-0.2, -0.15) is 0 Å². The standard InChI is InChI=1S/C15H24N2O/c1-11-5-6-14(18-4)13(9-11)17-10-12(16)7-8-15(17,2)3/h5-6,9,12H,7-8,10,16H2,1-4H3. The Balaban J connectivity index is 2.42. The van der Waals surface area contributed by atoms with Crippen molar-refractivity contribution in [2.24, 2.45) is 5.73 Å². The highest BCUT2D eigenvalue weighted by molar-refractivity contribution is 5.62. The monoisotopic (exact) mass is 248 g/mol. The van der Waals surface area contributed by atoms with Crippen molar-refractivity contribution in [1.29, 1.82) is 0 Å². The van der Waals surface area contributed by atoms with E-state index in [2.05, 4.69) is 37.8 Å². The van der Waals surface area contributed by atoms with Crippen molar-refractivity contribution in [3.8, 4) is 5.75 Å². The van der Waals surface area contributed by atoms with Gasteiger partial charge >= 0.3 is 0 Å². The Hall–Kier alpha value is -1.22. The minimum absolute atomic E-state index is 0.136. The zero-order valence-electron chi connectivity index (χ0n) is 11.9. The van der Waals surface area contributed by atoms with E-state index in [4.69, 9.17) is 10.5 Å². The number of ether oxygens (including phenoxy) is 1. The lowest BCUT2D eigenvalue weighted by atomic mass is 9.87. The molecule has 1 saturated heterocycles. The van der Waals surface area contributed by atoms with Crippen LogP contribution < -0.4 is 15.4 Å². The molecule has 0 amide bonds. The SMILES string of the molecule is COc1ccc(C)cc1N1CC(N)CCC1(C)C. The van der Waals surface area contributed by atoms with Gasteiger partial charge in [0.25, 0.3) is 0 Å². The van der Waals surface area contributed by atoms with Crippen LogP contribution in [-0.4, -0.2) is 25.2 Å². The van der Waals surface area contributed by atoms with Gasteiger partial charge in [0.05, 0.1) is 12.8 Å². The van der Waals surface area contributed by atoms with E-state index in [1.54, 1.807) is 7.11 Å². The number of nitrogens with zero attached hydrogens (tertiary/aromatic N) is 1. The number of hydrogen-bond acceptors (Lipinski definition) is 3. The van der Waals surface area contributed by atoms with Crippen molar-refractivity contribution in [2.75, 3.05) is 18.6 Å². The van der Waals surface area contributed by atoms with Crippen molar-refractivity contribution in [3.05, 3.63) is 23.8 Å². The van der Waals surface area contributed by atoms with Crippen molar-refractivity contribution in [2.45, 2.75) is 45.2 Å². The average molecular weight is 248 g/mol. The minimum Gasteiger partial charge on any atom is -0.495 e. The molecule has 1 fully saturated rings. The second-order valence-electron chi connectivity index (χ2n) is 5.90. The molecule has 1 heterocycles. The van der Waals surface area contributed by atoms with Crippen molar-refractivity contribution >= 4 is 5.69 Å². The molecule has 0 spiro atoms. The topological polar surface area (TPSA) is 38.5 Å². The molecule has 1 aromatic carbocycles. The average Bonchev–Trinajstić information content (AvgIpc) is 2.32. The van der Waals surface area contributed by atoms with E-state index in [9.17, 15) is 0 Å². The third kappa shape index (κ3) is 2.46. The summed E-state index contributed by atoms with van der Waals surface area (Å²) in [6.07, 6.45) is 2.21. The number of anilines is 1. The van der Waals surface area contributed by atoms with Crippen molar-refractivity contribution in [1.82, 2.24) is 0 Å². The molecule has 100 valence electrons. The van der Waals surface area contributed by atoms with Gasteiger partial charge in [0.1, 0.15) is 5.75 Å². The molecule has 0 aliphatic carbocycles. The Morgan fingerprint density at radius 3 is 2.78 bits per heavy atom. The summed E-state index contributed by atoms with van der Waals surface area (Å²) >= 11 is 0. The highest BCUT2D eigenvalue weighted by atomic mass is 16.5. The molecular formula is C15H24N2O. The maximum atomic E-state index is 6.13. The van der Waals surface area contributed by atoms with Crippen LogP contribution in [0.1, 0.15) is 32.3 Å². The maximum Gasteiger partial charge on any atom is 0.142 e. The molecule has 2 rings (SSSR count). The summed E-state index contributed by atoms with van der Waals surface area (Å²) in [5.41, 5.74) is 8.68. The fourth-order valence-corrected chi connectivity index (χ4v) is 2.68. The molecule has 3 heteroatoms. The maximum absolute atomic E-state index is 6.13. The molecule has 2 N–H and O–H groups in total. The summed E-state index contributed by atoms with van der Waals surface area (Å²) in [5.74, 6) is 0.933. The molecule has 0 bridgehead atoms. The normalized spacial score (nSPS) is 22.9. The predicted molar refractivity (Wildman–Crippen MR) is 76.4 cm³/mol. The third-order valence-corrected chi connectivity index (χ3v) is 3.90. The lowest BCUT2D eigenvalue weighted by molar-refractivity contribution is 0.328. The fourth-order valence-electron chi connectivity index (χ4n) is 2.68. The summed E-state index contributed by atoms with van der Waals surface area (Å²) in [6, 6.07) is 6.57. The summed E-state index contributed by atoms with van der Waals surface area (Å²) in [5, 5.41) is 0. The fraction of sp³-hybridized carbons (Fsp3) is 0.600. The van der Waals surface area contributed by atoms with Crippen LogP contribution in [0.5, 0.6) is 5.75 Å². The van der Waals surface area contributed by atoms with Crippen LogP contribution in [0.4, 0.5) is 5.69 Å². The quantitative estimate of drug-likeness (QED) is 0.874. The Morgan fingerprint density at radius 1 is 1.39 bits per heavy atom. The first kappa shape index (κ1) is 13.2. The summed E-state index contributed by atoms with van der Waals surface area (Å²) in [7, 11) is 1.73. The van der Waals surface area contributed by atoms with Crippen LogP contribution in [0.15, 0.2) is 18.2 Å². The lowest BCUT2D eigenvalue weighted by Gasteiger charge is -2.46. The number of rotatable bonds is 2. The van der Waals surface area contributed by atoms with Crippen LogP contribution in [0, 0.1) is 6.92 Å². The number of aryl methyl sites for hydroxylation is 1. The van der Waals surface area contributed by atoms with Crippen LogP contribution in [0.3, 0.4) is 0 Å². The highest BCUT2D eigenvalue weighted by Gasteiger charge is 2.34. The first-order valence-electron chi connectivity index (χ1n) is 6.62. The Bertz CT molecular complexity index is 429. The first-order valence-corrected chi connectivity index (χ1v) is 6.62. The predicted octanol–water partition coefficient (Wildman–Crippen LogP) is 2.71. The van der Waals surface area contributed by atoms with Gasteiger partial charge in [-0.3, -0.25) is 0 Å². The third-order valence-electron chi connectivity index (χ3n) is 3.90. The molecule has 0 saturated carbocycles. The molecule has 1 aromatic rings. The first-order chi connectivity index (χ1) is 8.44. The van der Waals surface area contributed by atoms with Gasteiger partial charge < -0.3 is 15.4 Å². The summed E-state index contributed by atoms with van der Waals surface area (Å²) < 4.78 is 5.50. The molecule has 3 nitrogen and oxygen atoms in total. The number of benzene rings is 1. The molecule has 1 atom stereocenters. The smallest absolute Gasteiger partial charge is 0.142 e. The van der Waals surface area contributed by atoms with Crippen molar-refractivity contribution < 1.29 is 4.74 Å². The number of methoxy groups -OCH3 is 1. The molecule has 1 aliphatic rings. The summed E-state index contributed by atoms with van der Waals surface area (Å²) in [6.45, 7) is 7.56. The van der Waals surface area contributed by atoms with Gasteiger partial charge in [-0.15, -0.1) is 0 Å². The lowest BCUT2D eigenvalue weighted by Crippen LogP contribution is -2.54. The van der Waals surface area contributed by atoms with Crippen LogP contribution in [0.2, 0.25) is 0 Å². The van der Waals surface area contributed by atoms with E-state index in [1.165, 1.54) is 5.56 Å². The van der Waals surface area contributed by atoms with E-state index in [1.807, 2.05) is 6.07 Å². The number of hydrogen-bond donors (Lipinski definition) is 1. The van der Waals surface area contributed by atoms with Gasteiger partial charge in [0.15, 0.2) is 0 Å². The zero-order chi connectivity index (χ0) is 13.3. The van der Waals surface area contributed by atoms with Crippen molar-refractivity contribution in [3.63, 3.8) is 0 Å². The molecular weight excluding hydrogens is 224 g/mol. The molecule has 0 aromatic heterocycles. The molecule has 1 aliphatic heterocycles. The second kappa shape index (κ2) is 4.81. The van der Waals surface area contributed by atoms with Gasteiger partial charge in [0.2, 0.25) is 0 Å². The molecule has 18 heavy (non-hydrogen) atoms. The Labute approximate surface area is 110 Å². The Kier molecular flexibility index (Phi) is 3.53. The highest BCUT2D eigenvalue weighted by Crippen LogP contribution is 2.38. The largest absolute Gasteiger partial charge is 0.495 e. The van der Waals surface area contributed by atoms with E-state index in [0.29, 0.717) is 0 Å². The van der Waals surface area contributed by atoms with E-state index in [-0.39, 0.29) is 11.6 Å². The van der Waals surface area contributed by atoms with Gasteiger partial charge in [-0.05, 0) is 51.3 Å².